The Morgan fingerprint density at radius 3 is 2.38 bits per heavy atom. The zero-order valence-corrected chi connectivity index (χ0v) is 15.0. The number of nitrogens with one attached hydrogen (secondary N) is 1. The number of piperidine rings is 1. The number of carbonyl (C=O) groups excluding carboxylic acids is 1. The molecule has 0 aliphatic carbocycles. The van der Waals surface area contributed by atoms with E-state index in [1.165, 1.54) is 11.8 Å². The monoisotopic (exact) mass is 350 g/mol. The summed E-state index contributed by atoms with van der Waals surface area (Å²) in [5, 5.41) is 2.73. The maximum absolute atomic E-state index is 12.5. The Bertz CT molecular complexity index is 661. The smallest absolute Gasteiger partial charge is 0.317 e. The molecule has 2 aliphatic heterocycles. The van der Waals surface area contributed by atoms with Crippen molar-refractivity contribution in [3.8, 4) is 0 Å². The normalized spacial score (nSPS) is 26.4. The van der Waals surface area contributed by atoms with Gasteiger partial charge in [0.25, 0.3) is 0 Å². The molecule has 2 saturated heterocycles. The van der Waals surface area contributed by atoms with Crippen molar-refractivity contribution in [3.63, 3.8) is 0 Å². The van der Waals surface area contributed by atoms with Gasteiger partial charge in [0.1, 0.15) is 9.84 Å². The molecule has 2 fully saturated rings. The Morgan fingerprint density at radius 2 is 1.79 bits per heavy atom. The van der Waals surface area contributed by atoms with E-state index >= 15 is 0 Å². The summed E-state index contributed by atoms with van der Waals surface area (Å²) in [4.78, 5) is 14.4. The lowest BCUT2D eigenvalue weighted by molar-refractivity contribution is 0.148. The Balaban J connectivity index is 1.48. The van der Waals surface area contributed by atoms with E-state index in [0.29, 0.717) is 19.4 Å². The lowest BCUT2D eigenvalue weighted by Crippen LogP contribution is -2.53. The summed E-state index contributed by atoms with van der Waals surface area (Å²) in [7, 11) is -3.01. The summed E-state index contributed by atoms with van der Waals surface area (Å²) >= 11 is 0. The first kappa shape index (κ1) is 17.3. The lowest BCUT2D eigenvalue weighted by Gasteiger charge is -2.38. The Morgan fingerprint density at radius 1 is 1.17 bits per heavy atom. The third kappa shape index (κ3) is 3.91. The van der Waals surface area contributed by atoms with Gasteiger partial charge in [-0.1, -0.05) is 30.3 Å². The second-order valence-corrected chi connectivity index (χ2v) is 9.36. The number of amides is 2. The third-order valence-electron chi connectivity index (χ3n) is 5.29. The van der Waals surface area contributed by atoms with E-state index in [1.54, 1.807) is 0 Å². The van der Waals surface area contributed by atoms with Crippen LogP contribution in [0.3, 0.4) is 0 Å². The predicted molar refractivity (Wildman–Crippen MR) is 94.7 cm³/mol. The summed E-state index contributed by atoms with van der Waals surface area (Å²) in [5.41, 5.74) is 1.28. The molecule has 2 heterocycles. The van der Waals surface area contributed by atoms with Crippen molar-refractivity contribution in [1.29, 1.82) is 0 Å². The second kappa shape index (κ2) is 7.13. The van der Waals surface area contributed by atoms with Crippen LogP contribution in [0.15, 0.2) is 30.3 Å². The molecule has 2 bridgehead atoms. The number of hydrogen-bond donors (Lipinski definition) is 1. The van der Waals surface area contributed by atoms with Crippen molar-refractivity contribution in [2.75, 3.05) is 12.8 Å². The number of fused-ring (bicyclic) bond motifs is 2. The number of carbonyl (C=O) groups is 1. The molecule has 2 aliphatic rings. The molecule has 0 aromatic heterocycles. The Kier molecular flexibility index (Phi) is 5.13. The number of nitrogens with zero attached hydrogens (tertiary/aromatic N) is 1. The van der Waals surface area contributed by atoms with Crippen LogP contribution in [0, 0.1) is 0 Å². The van der Waals surface area contributed by atoms with Gasteiger partial charge in [-0.2, -0.15) is 0 Å². The van der Waals surface area contributed by atoms with Gasteiger partial charge in [-0.25, -0.2) is 13.2 Å². The number of hydrogen-bond acceptors (Lipinski definition) is 3. The van der Waals surface area contributed by atoms with Crippen LogP contribution >= 0.6 is 0 Å². The zero-order chi connectivity index (χ0) is 17.2. The van der Waals surface area contributed by atoms with E-state index in [1.807, 2.05) is 23.1 Å². The highest BCUT2D eigenvalue weighted by molar-refractivity contribution is 7.91. The number of rotatable bonds is 5. The molecule has 3 rings (SSSR count). The van der Waals surface area contributed by atoms with E-state index in [9.17, 15) is 13.2 Å². The highest BCUT2D eigenvalue weighted by Gasteiger charge is 2.45. The van der Waals surface area contributed by atoms with E-state index in [4.69, 9.17) is 0 Å². The van der Waals surface area contributed by atoms with Crippen molar-refractivity contribution in [2.45, 2.75) is 55.9 Å². The van der Waals surface area contributed by atoms with Gasteiger partial charge in [0.2, 0.25) is 0 Å². The standard InChI is InChI=1S/C18H26N2O3S/c1-24(22,23)17-12-15-9-10-16(13-17)20(15)18(21)19-11-5-8-14-6-3-2-4-7-14/h2-4,6-7,15-17H,5,8-13H2,1H3,(H,19,21). The van der Waals surface area contributed by atoms with E-state index in [-0.39, 0.29) is 23.4 Å². The van der Waals surface area contributed by atoms with Gasteiger partial charge in [-0.3, -0.25) is 0 Å². The van der Waals surface area contributed by atoms with Gasteiger partial charge in [0, 0.05) is 24.9 Å². The maximum Gasteiger partial charge on any atom is 0.317 e. The number of aryl methyl sites for hydroxylation is 1. The third-order valence-corrected chi connectivity index (χ3v) is 6.89. The first-order chi connectivity index (χ1) is 11.4. The highest BCUT2D eigenvalue weighted by atomic mass is 32.2. The molecule has 2 atom stereocenters. The van der Waals surface area contributed by atoms with Crippen LogP contribution < -0.4 is 5.32 Å². The van der Waals surface area contributed by atoms with Crippen LogP contribution in [-0.2, 0) is 16.3 Å². The number of urea groups is 1. The molecule has 5 nitrogen and oxygen atoms in total. The SMILES string of the molecule is CS(=O)(=O)C1CC2CCC(C1)N2C(=O)NCCCc1ccccc1. The number of sulfone groups is 1. The second-order valence-electron chi connectivity index (χ2n) is 7.04. The van der Waals surface area contributed by atoms with E-state index in [2.05, 4.69) is 17.4 Å². The van der Waals surface area contributed by atoms with Crippen LogP contribution in [0.25, 0.3) is 0 Å². The molecule has 1 N–H and O–H groups in total. The minimum absolute atomic E-state index is 0.0255. The van der Waals surface area contributed by atoms with Gasteiger partial charge in [0.15, 0.2) is 0 Å². The molecule has 24 heavy (non-hydrogen) atoms. The summed E-state index contributed by atoms with van der Waals surface area (Å²) in [6, 6.07) is 10.4. The first-order valence-corrected chi connectivity index (χ1v) is 10.7. The van der Waals surface area contributed by atoms with Crippen molar-refractivity contribution in [2.24, 2.45) is 0 Å². The molecular formula is C18H26N2O3S. The van der Waals surface area contributed by atoms with Crippen LogP contribution in [-0.4, -0.2) is 49.5 Å². The van der Waals surface area contributed by atoms with Gasteiger partial charge in [0.05, 0.1) is 5.25 Å². The van der Waals surface area contributed by atoms with Crippen molar-refractivity contribution in [3.05, 3.63) is 35.9 Å². The molecule has 0 spiro atoms. The molecule has 2 unspecified atom stereocenters. The maximum atomic E-state index is 12.5. The van der Waals surface area contributed by atoms with Crippen molar-refractivity contribution < 1.29 is 13.2 Å². The largest absolute Gasteiger partial charge is 0.338 e. The Labute approximate surface area is 144 Å². The molecule has 0 saturated carbocycles. The average molecular weight is 350 g/mol. The van der Waals surface area contributed by atoms with Crippen molar-refractivity contribution in [1.82, 2.24) is 10.2 Å². The molecule has 1 aromatic carbocycles. The average Bonchev–Trinajstić information content (AvgIpc) is 2.81. The fourth-order valence-electron chi connectivity index (χ4n) is 4.03. The van der Waals surface area contributed by atoms with Gasteiger partial charge in [-0.15, -0.1) is 0 Å². The van der Waals surface area contributed by atoms with Crippen LogP contribution in [0.4, 0.5) is 4.79 Å². The summed E-state index contributed by atoms with van der Waals surface area (Å²) in [5.74, 6) is 0. The van der Waals surface area contributed by atoms with Crippen molar-refractivity contribution >= 4 is 15.9 Å². The van der Waals surface area contributed by atoms with E-state index in [0.717, 1.165) is 25.7 Å². The topological polar surface area (TPSA) is 66.5 Å². The van der Waals surface area contributed by atoms with E-state index < -0.39 is 9.84 Å². The van der Waals surface area contributed by atoms with Gasteiger partial charge < -0.3 is 10.2 Å². The summed E-state index contributed by atoms with van der Waals surface area (Å²) in [6.45, 7) is 0.652. The summed E-state index contributed by atoms with van der Waals surface area (Å²) in [6.07, 6.45) is 6.20. The molecule has 132 valence electrons. The molecular weight excluding hydrogens is 324 g/mol. The molecule has 2 amide bonds. The lowest BCUT2D eigenvalue weighted by atomic mass is 10.0. The summed E-state index contributed by atoms with van der Waals surface area (Å²) < 4.78 is 23.6. The first-order valence-electron chi connectivity index (χ1n) is 8.74. The fourth-order valence-corrected chi connectivity index (χ4v) is 5.18. The zero-order valence-electron chi connectivity index (χ0n) is 14.1. The minimum Gasteiger partial charge on any atom is -0.338 e. The van der Waals surface area contributed by atoms with Crippen LogP contribution in [0.2, 0.25) is 0 Å². The number of benzene rings is 1. The molecule has 1 aromatic rings. The highest BCUT2D eigenvalue weighted by Crippen LogP contribution is 2.37. The molecule has 6 heteroatoms. The Hall–Kier alpha value is -1.56. The predicted octanol–water partition coefficient (Wildman–Crippen LogP) is 2.37. The van der Waals surface area contributed by atoms with Gasteiger partial charge >= 0.3 is 6.03 Å². The quantitative estimate of drug-likeness (QED) is 0.829. The minimum atomic E-state index is -3.01. The van der Waals surface area contributed by atoms with Gasteiger partial charge in [-0.05, 0) is 44.1 Å². The van der Waals surface area contributed by atoms with Crippen LogP contribution in [0.1, 0.15) is 37.7 Å². The van der Waals surface area contributed by atoms with Crippen LogP contribution in [0.5, 0.6) is 0 Å². The molecule has 0 radical (unpaired) electrons. The fraction of sp³-hybridized carbons (Fsp3) is 0.611.